The van der Waals surface area contributed by atoms with Gasteiger partial charge in [0.25, 0.3) is 0 Å². The van der Waals surface area contributed by atoms with Crippen molar-refractivity contribution in [1.82, 2.24) is 19.7 Å². The van der Waals surface area contributed by atoms with Gasteiger partial charge in [0, 0.05) is 36.6 Å². The van der Waals surface area contributed by atoms with Gasteiger partial charge in [0.05, 0.1) is 6.54 Å². The van der Waals surface area contributed by atoms with Crippen molar-refractivity contribution in [3.63, 3.8) is 0 Å². The second kappa shape index (κ2) is 8.98. The monoisotopic (exact) mass is 406 g/mol. The van der Waals surface area contributed by atoms with Crippen molar-refractivity contribution in [2.45, 2.75) is 25.8 Å². The predicted octanol–water partition coefficient (Wildman–Crippen LogP) is 3.60. The molecule has 7 heteroatoms. The summed E-state index contributed by atoms with van der Waals surface area (Å²) in [6.45, 7) is 1.47. The number of halogens is 1. The van der Waals surface area contributed by atoms with Crippen molar-refractivity contribution in [2.75, 3.05) is 13.1 Å². The van der Waals surface area contributed by atoms with Crippen molar-refractivity contribution < 1.29 is 14.0 Å². The number of aryl methyl sites for hydroxylation is 1. The molecule has 1 amide bonds. The van der Waals surface area contributed by atoms with Gasteiger partial charge in [0.15, 0.2) is 5.78 Å². The van der Waals surface area contributed by atoms with Crippen LogP contribution in [0.1, 0.15) is 29.6 Å². The third-order valence-corrected chi connectivity index (χ3v) is 5.50. The average molecular weight is 406 g/mol. The molecule has 0 aliphatic carbocycles. The number of aromatic nitrogens is 3. The van der Waals surface area contributed by atoms with E-state index < -0.39 is 5.82 Å². The van der Waals surface area contributed by atoms with Crippen LogP contribution >= 0.6 is 0 Å². The number of hydrogen-bond donors (Lipinski definition) is 0. The van der Waals surface area contributed by atoms with Crippen LogP contribution in [0.2, 0.25) is 0 Å². The second-order valence-electron chi connectivity index (χ2n) is 7.51. The molecule has 2 aromatic carbocycles. The quantitative estimate of drug-likeness (QED) is 0.587. The SMILES string of the molecule is O=C(c1ccc(-c2ccccc2)c(F)c1)C1CCCN(C(=O)CCn2cncn2)C1. The molecule has 0 radical (unpaired) electrons. The summed E-state index contributed by atoms with van der Waals surface area (Å²) in [5.74, 6) is -0.837. The molecule has 1 unspecified atom stereocenters. The molecular formula is C23H23FN4O2. The van der Waals surface area contributed by atoms with Crippen LogP contribution in [-0.2, 0) is 11.3 Å². The lowest BCUT2D eigenvalue weighted by atomic mass is 9.89. The van der Waals surface area contributed by atoms with Crippen LogP contribution < -0.4 is 0 Å². The highest BCUT2D eigenvalue weighted by molar-refractivity contribution is 5.98. The Bertz CT molecular complexity index is 1020. The minimum absolute atomic E-state index is 0.00592. The Hall–Kier alpha value is -3.35. The van der Waals surface area contributed by atoms with Gasteiger partial charge >= 0.3 is 0 Å². The maximum atomic E-state index is 14.7. The van der Waals surface area contributed by atoms with Crippen LogP contribution in [-0.4, -0.2) is 44.4 Å². The van der Waals surface area contributed by atoms with E-state index in [1.54, 1.807) is 28.0 Å². The molecule has 1 atom stereocenters. The number of nitrogens with zero attached hydrogens (tertiary/aromatic N) is 4. The molecule has 154 valence electrons. The minimum Gasteiger partial charge on any atom is -0.342 e. The molecule has 1 aliphatic rings. The van der Waals surface area contributed by atoms with Crippen LogP contribution in [0.25, 0.3) is 11.1 Å². The first-order valence-electron chi connectivity index (χ1n) is 10.1. The highest BCUT2D eigenvalue weighted by atomic mass is 19.1. The fourth-order valence-corrected chi connectivity index (χ4v) is 3.89. The Labute approximate surface area is 174 Å². The number of likely N-dealkylation sites (tertiary alicyclic amines) is 1. The van der Waals surface area contributed by atoms with Crippen molar-refractivity contribution in [3.05, 3.63) is 72.6 Å². The van der Waals surface area contributed by atoms with Gasteiger partial charge in [-0.25, -0.2) is 9.37 Å². The molecule has 1 aromatic heterocycles. The maximum Gasteiger partial charge on any atom is 0.224 e. The normalized spacial score (nSPS) is 16.4. The predicted molar refractivity (Wildman–Crippen MR) is 110 cm³/mol. The van der Waals surface area contributed by atoms with Crippen molar-refractivity contribution in [3.8, 4) is 11.1 Å². The standard InChI is InChI=1S/C23H23FN4O2/c24-21-13-18(8-9-20(21)17-5-2-1-3-6-17)23(30)19-7-4-11-27(14-19)22(29)10-12-28-16-25-15-26-28/h1-3,5-6,8-9,13,15-16,19H,4,7,10-12,14H2. The van der Waals surface area contributed by atoms with Crippen molar-refractivity contribution in [1.29, 1.82) is 0 Å². The number of ketones is 1. The van der Waals surface area contributed by atoms with E-state index in [1.165, 1.54) is 12.4 Å². The largest absolute Gasteiger partial charge is 0.342 e. The van der Waals surface area contributed by atoms with E-state index in [9.17, 15) is 14.0 Å². The lowest BCUT2D eigenvalue weighted by molar-refractivity contribution is -0.132. The minimum atomic E-state index is -0.413. The molecule has 1 saturated heterocycles. The summed E-state index contributed by atoms with van der Waals surface area (Å²) in [6.07, 6.45) is 4.78. The van der Waals surface area contributed by atoms with Gasteiger partial charge in [0.2, 0.25) is 5.91 Å². The van der Waals surface area contributed by atoms with Gasteiger partial charge in [-0.15, -0.1) is 0 Å². The summed E-state index contributed by atoms with van der Waals surface area (Å²) in [4.78, 5) is 31.1. The third kappa shape index (κ3) is 4.45. The Balaban J connectivity index is 1.41. The first kappa shape index (κ1) is 19.9. The van der Waals surface area contributed by atoms with Gasteiger partial charge in [0.1, 0.15) is 18.5 Å². The van der Waals surface area contributed by atoms with E-state index in [-0.39, 0.29) is 17.6 Å². The third-order valence-electron chi connectivity index (χ3n) is 5.50. The molecule has 30 heavy (non-hydrogen) atoms. The number of Topliss-reactive ketones (excluding diaryl/α,β-unsaturated/α-hetero) is 1. The zero-order valence-electron chi connectivity index (χ0n) is 16.6. The Morgan fingerprint density at radius 1 is 1.13 bits per heavy atom. The van der Waals surface area contributed by atoms with Crippen LogP contribution in [0.3, 0.4) is 0 Å². The van der Waals surface area contributed by atoms with Gasteiger partial charge in [-0.2, -0.15) is 5.10 Å². The molecule has 0 bridgehead atoms. The summed E-state index contributed by atoms with van der Waals surface area (Å²) >= 11 is 0. The maximum absolute atomic E-state index is 14.7. The topological polar surface area (TPSA) is 68.1 Å². The molecule has 0 spiro atoms. The number of rotatable bonds is 6. The Kier molecular flexibility index (Phi) is 5.97. The number of carbonyl (C=O) groups excluding carboxylic acids is 2. The number of amides is 1. The summed E-state index contributed by atoms with van der Waals surface area (Å²) in [6, 6.07) is 13.9. The number of benzene rings is 2. The molecule has 6 nitrogen and oxygen atoms in total. The first-order valence-corrected chi connectivity index (χ1v) is 10.1. The molecular weight excluding hydrogens is 383 g/mol. The number of carbonyl (C=O) groups is 2. The van der Waals surface area contributed by atoms with E-state index in [4.69, 9.17) is 0 Å². The highest BCUT2D eigenvalue weighted by Crippen LogP contribution is 2.26. The number of hydrogen-bond acceptors (Lipinski definition) is 4. The highest BCUT2D eigenvalue weighted by Gasteiger charge is 2.29. The molecule has 2 heterocycles. The van der Waals surface area contributed by atoms with Crippen molar-refractivity contribution >= 4 is 11.7 Å². The average Bonchev–Trinajstić information content (AvgIpc) is 3.31. The fraction of sp³-hybridized carbons (Fsp3) is 0.304. The van der Waals surface area contributed by atoms with E-state index in [2.05, 4.69) is 10.1 Å². The van der Waals surface area contributed by atoms with E-state index in [0.717, 1.165) is 12.0 Å². The number of piperidine rings is 1. The summed E-state index contributed by atoms with van der Waals surface area (Å²) in [5, 5.41) is 4.00. The zero-order valence-corrected chi connectivity index (χ0v) is 16.6. The molecule has 4 rings (SSSR count). The lowest BCUT2D eigenvalue weighted by Gasteiger charge is -2.32. The molecule has 3 aromatic rings. The van der Waals surface area contributed by atoms with Gasteiger partial charge < -0.3 is 4.90 Å². The molecule has 0 N–H and O–H groups in total. The van der Waals surface area contributed by atoms with Crippen LogP contribution in [0, 0.1) is 11.7 Å². The van der Waals surface area contributed by atoms with Gasteiger partial charge in [-0.3, -0.25) is 14.3 Å². The summed E-state index contributed by atoms with van der Waals surface area (Å²) in [5.41, 5.74) is 1.60. The lowest BCUT2D eigenvalue weighted by Crippen LogP contribution is -2.42. The fourth-order valence-electron chi connectivity index (χ4n) is 3.89. The summed E-state index contributed by atoms with van der Waals surface area (Å²) in [7, 11) is 0. The van der Waals surface area contributed by atoms with E-state index in [1.807, 2.05) is 30.3 Å². The van der Waals surface area contributed by atoms with Crippen LogP contribution in [0.5, 0.6) is 0 Å². The van der Waals surface area contributed by atoms with Gasteiger partial charge in [-0.05, 0) is 24.5 Å². The first-order chi connectivity index (χ1) is 14.6. The van der Waals surface area contributed by atoms with Crippen LogP contribution in [0.4, 0.5) is 4.39 Å². The van der Waals surface area contributed by atoms with Crippen LogP contribution in [0.15, 0.2) is 61.2 Å². The zero-order chi connectivity index (χ0) is 20.9. The van der Waals surface area contributed by atoms with Crippen molar-refractivity contribution in [2.24, 2.45) is 5.92 Å². The Morgan fingerprint density at radius 2 is 1.97 bits per heavy atom. The second-order valence-corrected chi connectivity index (χ2v) is 7.51. The van der Waals surface area contributed by atoms with Gasteiger partial charge in [-0.1, -0.05) is 42.5 Å². The smallest absolute Gasteiger partial charge is 0.224 e. The molecule has 1 fully saturated rings. The Morgan fingerprint density at radius 3 is 2.70 bits per heavy atom. The van der Waals surface area contributed by atoms with E-state index in [0.29, 0.717) is 43.6 Å². The molecule has 0 saturated carbocycles. The molecule has 1 aliphatic heterocycles. The van der Waals surface area contributed by atoms with E-state index >= 15 is 0 Å². The summed E-state index contributed by atoms with van der Waals surface area (Å²) < 4.78 is 16.3.